The third kappa shape index (κ3) is 3.28. The van der Waals surface area contributed by atoms with Crippen molar-refractivity contribution in [2.24, 2.45) is 0 Å². The number of halogens is 2. The lowest BCUT2D eigenvalue weighted by Crippen LogP contribution is -2.29. The molecule has 2 N–H and O–H groups in total. The Hall–Kier alpha value is -1.92. The zero-order chi connectivity index (χ0) is 15.7. The molecule has 1 saturated carbocycles. The summed E-state index contributed by atoms with van der Waals surface area (Å²) in [5.74, 6) is -0.117. The van der Waals surface area contributed by atoms with E-state index in [1.807, 2.05) is 0 Å². The van der Waals surface area contributed by atoms with E-state index in [-0.39, 0.29) is 23.2 Å². The second kappa shape index (κ2) is 6.06. The predicted octanol–water partition coefficient (Wildman–Crippen LogP) is 2.81. The molecule has 1 aromatic carbocycles. The highest BCUT2D eigenvalue weighted by Gasteiger charge is 2.32. The van der Waals surface area contributed by atoms with E-state index in [0.29, 0.717) is 11.3 Å². The molecule has 7 heteroatoms. The Kier molecular flexibility index (Phi) is 4.13. The van der Waals surface area contributed by atoms with Crippen LogP contribution in [0, 0.1) is 5.82 Å². The molecule has 0 bridgehead atoms. The van der Waals surface area contributed by atoms with E-state index in [0.717, 1.165) is 18.9 Å². The lowest BCUT2D eigenvalue weighted by molar-refractivity contribution is 0.0910. The molecule has 1 fully saturated rings. The lowest BCUT2D eigenvalue weighted by Gasteiger charge is -2.12. The van der Waals surface area contributed by atoms with Crippen LogP contribution in [0.15, 0.2) is 29.0 Å². The predicted molar refractivity (Wildman–Crippen MR) is 77.2 cm³/mol. The summed E-state index contributed by atoms with van der Waals surface area (Å²) in [5.41, 5.74) is 0.542. The summed E-state index contributed by atoms with van der Waals surface area (Å²) in [6.07, 6.45) is 2.15. The first kappa shape index (κ1) is 15.0. The Morgan fingerprint density at radius 2 is 2.27 bits per heavy atom. The number of hydrogen-bond acceptors (Lipinski definition) is 4. The van der Waals surface area contributed by atoms with Gasteiger partial charge in [-0.15, -0.1) is 0 Å². The van der Waals surface area contributed by atoms with Crippen LogP contribution in [-0.2, 0) is 0 Å². The summed E-state index contributed by atoms with van der Waals surface area (Å²) in [4.78, 5) is 16.0. The number of aliphatic hydroxyl groups is 1. The van der Waals surface area contributed by atoms with Gasteiger partial charge in [0.2, 0.25) is 0 Å². The van der Waals surface area contributed by atoms with Gasteiger partial charge >= 0.3 is 0 Å². The molecule has 3 rings (SSSR count). The molecular formula is C15H14ClFN2O3. The molecule has 116 valence electrons. The van der Waals surface area contributed by atoms with Crippen molar-refractivity contribution in [2.45, 2.75) is 24.9 Å². The zero-order valence-electron chi connectivity index (χ0n) is 11.6. The largest absolute Gasteiger partial charge is 0.447 e. The Morgan fingerprint density at radius 1 is 1.50 bits per heavy atom. The molecule has 5 nitrogen and oxygen atoms in total. The van der Waals surface area contributed by atoms with Crippen molar-refractivity contribution < 1.29 is 18.7 Å². The second-order valence-electron chi connectivity index (χ2n) is 5.27. The van der Waals surface area contributed by atoms with E-state index in [2.05, 4.69) is 10.3 Å². The molecule has 1 heterocycles. The van der Waals surface area contributed by atoms with Crippen LogP contribution in [0.25, 0.3) is 0 Å². The third-order valence-corrected chi connectivity index (χ3v) is 3.70. The number of nitrogens with zero attached hydrogens (tertiary/aromatic N) is 1. The Bertz CT molecular complexity index is 680. The second-order valence-corrected chi connectivity index (χ2v) is 5.70. The molecule has 1 amide bonds. The van der Waals surface area contributed by atoms with Crippen molar-refractivity contribution in [1.29, 1.82) is 0 Å². The van der Waals surface area contributed by atoms with Gasteiger partial charge in [0, 0.05) is 17.5 Å². The molecule has 1 aromatic heterocycles. The minimum absolute atomic E-state index is 0.0738. The molecule has 0 radical (unpaired) electrons. The van der Waals surface area contributed by atoms with Crippen LogP contribution in [0.3, 0.4) is 0 Å². The Morgan fingerprint density at radius 3 is 2.95 bits per heavy atom. The zero-order valence-corrected chi connectivity index (χ0v) is 12.3. The van der Waals surface area contributed by atoms with Gasteiger partial charge in [-0.3, -0.25) is 4.79 Å². The number of rotatable bonds is 5. The van der Waals surface area contributed by atoms with Gasteiger partial charge in [0.15, 0.2) is 12.1 Å². The maximum Gasteiger partial charge on any atom is 0.273 e. The topological polar surface area (TPSA) is 75.4 Å². The summed E-state index contributed by atoms with van der Waals surface area (Å²) in [7, 11) is 0. The quantitative estimate of drug-likeness (QED) is 0.886. The number of oxazole rings is 1. The van der Waals surface area contributed by atoms with Crippen LogP contribution in [0.2, 0.25) is 5.02 Å². The highest BCUT2D eigenvalue weighted by atomic mass is 35.5. The van der Waals surface area contributed by atoms with Crippen molar-refractivity contribution in [3.63, 3.8) is 0 Å². The molecule has 0 spiro atoms. The number of aliphatic hydroxyl groups excluding tert-OH is 1. The normalized spacial score (nSPS) is 15.6. The molecule has 0 saturated heterocycles. The fraction of sp³-hybridized carbons (Fsp3) is 0.333. The summed E-state index contributed by atoms with van der Waals surface area (Å²) in [6, 6.07) is 3.77. The smallest absolute Gasteiger partial charge is 0.273 e. The first-order valence-electron chi connectivity index (χ1n) is 6.90. The van der Waals surface area contributed by atoms with Gasteiger partial charge in [-0.25, -0.2) is 9.37 Å². The Balaban J connectivity index is 1.63. The number of nitrogens with one attached hydrogen (secondary N) is 1. The molecule has 0 aliphatic heterocycles. The first-order valence-corrected chi connectivity index (χ1v) is 7.28. The van der Waals surface area contributed by atoms with E-state index >= 15 is 0 Å². The third-order valence-electron chi connectivity index (χ3n) is 3.48. The van der Waals surface area contributed by atoms with Crippen LogP contribution < -0.4 is 5.32 Å². The lowest BCUT2D eigenvalue weighted by atomic mass is 10.1. The van der Waals surface area contributed by atoms with Crippen LogP contribution >= 0.6 is 11.6 Å². The molecule has 2 aromatic rings. The van der Waals surface area contributed by atoms with Crippen molar-refractivity contribution in [2.75, 3.05) is 6.54 Å². The van der Waals surface area contributed by atoms with Crippen molar-refractivity contribution in [3.8, 4) is 0 Å². The average molecular weight is 325 g/mol. The molecular weight excluding hydrogens is 311 g/mol. The first-order chi connectivity index (χ1) is 10.5. The Labute approximate surface area is 131 Å². The number of carbonyl (C=O) groups excluding carboxylic acids is 1. The summed E-state index contributed by atoms with van der Waals surface area (Å²) >= 11 is 5.74. The minimum atomic E-state index is -1.06. The van der Waals surface area contributed by atoms with Gasteiger partial charge in [0.05, 0.1) is 6.10 Å². The summed E-state index contributed by atoms with van der Waals surface area (Å²) in [6.45, 7) is -0.0738. The average Bonchev–Trinajstić information content (AvgIpc) is 3.20. The molecule has 1 unspecified atom stereocenters. The van der Waals surface area contributed by atoms with Gasteiger partial charge < -0.3 is 14.8 Å². The van der Waals surface area contributed by atoms with Gasteiger partial charge in [-0.05, 0) is 36.6 Å². The molecule has 1 aliphatic rings. The highest BCUT2D eigenvalue weighted by Crippen LogP contribution is 2.41. The monoisotopic (exact) mass is 324 g/mol. The van der Waals surface area contributed by atoms with E-state index in [1.165, 1.54) is 18.5 Å². The maximum absolute atomic E-state index is 13.3. The van der Waals surface area contributed by atoms with E-state index in [9.17, 15) is 14.3 Å². The van der Waals surface area contributed by atoms with E-state index in [1.54, 1.807) is 0 Å². The van der Waals surface area contributed by atoms with Crippen molar-refractivity contribution in [1.82, 2.24) is 10.3 Å². The molecule has 1 atom stereocenters. The van der Waals surface area contributed by atoms with E-state index in [4.69, 9.17) is 16.0 Å². The van der Waals surface area contributed by atoms with Crippen molar-refractivity contribution in [3.05, 3.63) is 52.5 Å². The fourth-order valence-corrected chi connectivity index (χ4v) is 2.45. The number of hydrogen-bond donors (Lipinski definition) is 2. The molecule has 1 aliphatic carbocycles. The van der Waals surface area contributed by atoms with E-state index < -0.39 is 17.8 Å². The maximum atomic E-state index is 13.3. The van der Waals surface area contributed by atoms with Crippen LogP contribution in [0.4, 0.5) is 4.39 Å². The molecule has 22 heavy (non-hydrogen) atoms. The van der Waals surface area contributed by atoms with Crippen LogP contribution in [-0.4, -0.2) is 22.5 Å². The van der Waals surface area contributed by atoms with Gasteiger partial charge in [0.25, 0.3) is 5.91 Å². The van der Waals surface area contributed by atoms with Gasteiger partial charge in [-0.1, -0.05) is 11.6 Å². The van der Waals surface area contributed by atoms with Gasteiger partial charge in [-0.2, -0.15) is 0 Å². The number of carbonyl (C=O) groups is 1. The number of amides is 1. The SMILES string of the molecule is O=C(NCC(O)c1cc(F)cc(Cl)c1)c1ncoc1C1CC1. The minimum Gasteiger partial charge on any atom is -0.447 e. The van der Waals surface area contributed by atoms with Gasteiger partial charge in [0.1, 0.15) is 11.6 Å². The van der Waals surface area contributed by atoms with Crippen LogP contribution in [0.5, 0.6) is 0 Å². The van der Waals surface area contributed by atoms with Crippen LogP contribution in [0.1, 0.15) is 46.7 Å². The summed E-state index contributed by atoms with van der Waals surface area (Å²) < 4.78 is 18.5. The highest BCUT2D eigenvalue weighted by molar-refractivity contribution is 6.30. The standard InChI is InChI=1S/C15H14ClFN2O3/c16-10-3-9(4-11(17)5-10)12(20)6-18-15(21)13-14(8-1-2-8)22-7-19-13/h3-5,7-8,12,20H,1-2,6H2,(H,18,21). The fourth-order valence-electron chi connectivity index (χ4n) is 2.22. The number of benzene rings is 1. The summed E-state index contributed by atoms with van der Waals surface area (Å²) in [5, 5.41) is 12.8. The van der Waals surface area contributed by atoms with Crippen molar-refractivity contribution >= 4 is 17.5 Å². The number of aromatic nitrogens is 1.